The maximum atomic E-state index is 13.2. The van der Waals surface area contributed by atoms with E-state index in [0.29, 0.717) is 22.8 Å². The number of benzene rings is 2. The van der Waals surface area contributed by atoms with Gasteiger partial charge in [0.1, 0.15) is 5.82 Å². The third-order valence-electron chi connectivity index (χ3n) is 2.90. The molecule has 0 saturated heterocycles. The van der Waals surface area contributed by atoms with Crippen LogP contribution in [0.3, 0.4) is 0 Å². The Bertz CT molecular complexity index is 816. The number of non-ortho nitro benzene ring substituents is 1. The summed E-state index contributed by atoms with van der Waals surface area (Å²) in [6, 6.07) is 11.9. The zero-order valence-corrected chi connectivity index (χ0v) is 10.7. The molecule has 0 aliphatic heterocycles. The predicted molar refractivity (Wildman–Crippen MR) is 73.9 cm³/mol. The number of halogens is 1. The van der Waals surface area contributed by atoms with Gasteiger partial charge in [-0.1, -0.05) is 24.3 Å². The summed E-state index contributed by atoms with van der Waals surface area (Å²) in [5.41, 5.74) is 1.03. The van der Waals surface area contributed by atoms with Gasteiger partial charge in [-0.2, -0.15) is 5.10 Å². The average molecular weight is 284 g/mol. The number of aromatic amines is 1. The van der Waals surface area contributed by atoms with E-state index in [2.05, 4.69) is 15.2 Å². The Balaban J connectivity index is 1.98. The van der Waals surface area contributed by atoms with Crippen LogP contribution in [-0.2, 0) is 0 Å². The number of nitrogens with zero attached hydrogens (tertiary/aromatic N) is 3. The number of hydrogen-bond donors (Lipinski definition) is 1. The monoisotopic (exact) mass is 284 g/mol. The lowest BCUT2D eigenvalue weighted by molar-refractivity contribution is -0.384. The number of aromatic nitrogens is 3. The first-order valence-electron chi connectivity index (χ1n) is 6.06. The van der Waals surface area contributed by atoms with E-state index in [0.717, 1.165) is 0 Å². The van der Waals surface area contributed by atoms with Crippen molar-refractivity contribution >= 4 is 5.69 Å². The average Bonchev–Trinajstić information content (AvgIpc) is 2.97. The van der Waals surface area contributed by atoms with Crippen LogP contribution in [0, 0.1) is 15.9 Å². The number of hydrogen-bond acceptors (Lipinski definition) is 4. The summed E-state index contributed by atoms with van der Waals surface area (Å²) in [6.07, 6.45) is 0. The molecule has 0 amide bonds. The standard InChI is InChI=1S/C14H9FN4O2/c15-11-5-1-3-9(7-11)13-16-14(18-17-13)10-4-2-6-12(8-10)19(20)21/h1-8H,(H,16,17,18). The van der Waals surface area contributed by atoms with Gasteiger partial charge in [-0.05, 0) is 12.1 Å². The summed E-state index contributed by atoms with van der Waals surface area (Å²) < 4.78 is 13.2. The van der Waals surface area contributed by atoms with E-state index in [-0.39, 0.29) is 11.5 Å². The number of nitro benzene ring substituents is 1. The molecule has 2 aromatic carbocycles. The predicted octanol–water partition coefficient (Wildman–Crippen LogP) is 3.19. The van der Waals surface area contributed by atoms with Gasteiger partial charge in [-0.3, -0.25) is 15.2 Å². The Morgan fingerprint density at radius 3 is 2.62 bits per heavy atom. The van der Waals surface area contributed by atoms with E-state index in [4.69, 9.17) is 0 Å². The second-order valence-corrected chi connectivity index (χ2v) is 4.33. The molecule has 0 fully saturated rings. The van der Waals surface area contributed by atoms with Crippen LogP contribution in [0.2, 0.25) is 0 Å². The van der Waals surface area contributed by atoms with Crippen molar-refractivity contribution in [3.05, 3.63) is 64.5 Å². The fourth-order valence-electron chi connectivity index (χ4n) is 1.91. The minimum atomic E-state index is -0.483. The van der Waals surface area contributed by atoms with Crippen molar-refractivity contribution in [1.29, 1.82) is 0 Å². The number of nitro groups is 1. The number of H-pyrrole nitrogens is 1. The van der Waals surface area contributed by atoms with Crippen LogP contribution in [0.15, 0.2) is 48.5 Å². The highest BCUT2D eigenvalue weighted by Crippen LogP contribution is 2.23. The molecule has 1 aromatic heterocycles. The zero-order valence-electron chi connectivity index (χ0n) is 10.7. The molecule has 3 rings (SSSR count). The van der Waals surface area contributed by atoms with E-state index in [1.807, 2.05) is 0 Å². The van der Waals surface area contributed by atoms with Crippen LogP contribution >= 0.6 is 0 Å². The van der Waals surface area contributed by atoms with Gasteiger partial charge >= 0.3 is 0 Å². The molecule has 0 bridgehead atoms. The fourth-order valence-corrected chi connectivity index (χ4v) is 1.91. The number of rotatable bonds is 3. The lowest BCUT2D eigenvalue weighted by Gasteiger charge is -1.96. The summed E-state index contributed by atoms with van der Waals surface area (Å²) in [7, 11) is 0. The summed E-state index contributed by atoms with van der Waals surface area (Å²) in [5, 5.41) is 17.5. The van der Waals surface area contributed by atoms with E-state index in [1.54, 1.807) is 24.3 Å². The largest absolute Gasteiger partial charge is 0.270 e. The third-order valence-corrected chi connectivity index (χ3v) is 2.90. The molecule has 0 radical (unpaired) electrons. The second kappa shape index (κ2) is 5.12. The van der Waals surface area contributed by atoms with Gasteiger partial charge in [0.2, 0.25) is 0 Å². The van der Waals surface area contributed by atoms with Crippen LogP contribution in [0.25, 0.3) is 22.8 Å². The highest BCUT2D eigenvalue weighted by atomic mass is 19.1. The Morgan fingerprint density at radius 2 is 1.86 bits per heavy atom. The molecule has 104 valence electrons. The molecule has 1 N–H and O–H groups in total. The third kappa shape index (κ3) is 2.62. The van der Waals surface area contributed by atoms with Gasteiger partial charge < -0.3 is 0 Å². The highest BCUT2D eigenvalue weighted by Gasteiger charge is 2.12. The van der Waals surface area contributed by atoms with Crippen molar-refractivity contribution in [3.63, 3.8) is 0 Å². The first-order chi connectivity index (χ1) is 10.1. The minimum Gasteiger partial charge on any atom is -0.259 e. The molecule has 0 unspecified atom stereocenters. The van der Waals surface area contributed by atoms with Crippen molar-refractivity contribution in [2.75, 3.05) is 0 Å². The van der Waals surface area contributed by atoms with Crippen molar-refractivity contribution in [2.24, 2.45) is 0 Å². The van der Waals surface area contributed by atoms with E-state index >= 15 is 0 Å². The summed E-state index contributed by atoms with van der Waals surface area (Å²) in [6.45, 7) is 0. The molecule has 1 heterocycles. The molecule has 0 spiro atoms. The van der Waals surface area contributed by atoms with E-state index < -0.39 is 4.92 Å². The Hall–Kier alpha value is -3.09. The van der Waals surface area contributed by atoms with Crippen LogP contribution < -0.4 is 0 Å². The molecule has 3 aromatic rings. The summed E-state index contributed by atoms with van der Waals surface area (Å²) >= 11 is 0. The molecule has 0 aliphatic rings. The summed E-state index contributed by atoms with van der Waals surface area (Å²) in [4.78, 5) is 14.5. The lowest BCUT2D eigenvalue weighted by Crippen LogP contribution is -1.89. The minimum absolute atomic E-state index is 0.0374. The maximum absolute atomic E-state index is 13.2. The molecule has 21 heavy (non-hydrogen) atoms. The van der Waals surface area contributed by atoms with Gasteiger partial charge in [0.15, 0.2) is 11.6 Å². The first-order valence-corrected chi connectivity index (χ1v) is 6.06. The van der Waals surface area contributed by atoms with Crippen LogP contribution in [0.1, 0.15) is 0 Å². The fraction of sp³-hybridized carbons (Fsp3) is 0. The van der Waals surface area contributed by atoms with Gasteiger partial charge in [-0.25, -0.2) is 9.37 Å². The van der Waals surface area contributed by atoms with Gasteiger partial charge in [-0.15, -0.1) is 0 Å². The molecular formula is C14H9FN4O2. The topological polar surface area (TPSA) is 84.7 Å². The smallest absolute Gasteiger partial charge is 0.259 e. The van der Waals surface area contributed by atoms with Crippen molar-refractivity contribution < 1.29 is 9.31 Å². The molecule has 7 heteroatoms. The Kier molecular flexibility index (Phi) is 3.15. The quantitative estimate of drug-likeness (QED) is 0.591. The van der Waals surface area contributed by atoms with E-state index in [9.17, 15) is 14.5 Å². The van der Waals surface area contributed by atoms with Crippen LogP contribution in [0.4, 0.5) is 10.1 Å². The normalized spacial score (nSPS) is 10.5. The van der Waals surface area contributed by atoms with Crippen molar-refractivity contribution in [3.8, 4) is 22.8 Å². The van der Waals surface area contributed by atoms with Crippen molar-refractivity contribution in [2.45, 2.75) is 0 Å². The molecule has 0 saturated carbocycles. The van der Waals surface area contributed by atoms with Gasteiger partial charge in [0.05, 0.1) is 4.92 Å². The van der Waals surface area contributed by atoms with E-state index in [1.165, 1.54) is 24.3 Å². The molecular weight excluding hydrogens is 275 g/mol. The zero-order chi connectivity index (χ0) is 14.8. The highest BCUT2D eigenvalue weighted by molar-refractivity contribution is 5.63. The van der Waals surface area contributed by atoms with Crippen molar-refractivity contribution in [1.82, 2.24) is 15.2 Å². The SMILES string of the molecule is O=[N+]([O-])c1cccc(-c2n[nH]c(-c3cccc(F)c3)n2)c1. The number of nitrogens with one attached hydrogen (secondary N) is 1. The molecule has 0 aliphatic carbocycles. The Labute approximate surface area is 118 Å². The molecule has 0 atom stereocenters. The van der Waals surface area contributed by atoms with Crippen LogP contribution in [0.5, 0.6) is 0 Å². The van der Waals surface area contributed by atoms with Gasteiger partial charge in [0.25, 0.3) is 5.69 Å². The molecule has 6 nitrogen and oxygen atoms in total. The van der Waals surface area contributed by atoms with Crippen LogP contribution in [-0.4, -0.2) is 20.1 Å². The summed E-state index contributed by atoms with van der Waals surface area (Å²) in [5.74, 6) is 0.342. The second-order valence-electron chi connectivity index (χ2n) is 4.33. The lowest BCUT2D eigenvalue weighted by atomic mass is 10.2. The Morgan fingerprint density at radius 1 is 1.10 bits per heavy atom. The maximum Gasteiger partial charge on any atom is 0.270 e. The first kappa shape index (κ1) is 12.9. The van der Waals surface area contributed by atoms with Gasteiger partial charge in [0, 0.05) is 23.3 Å².